The molecule has 0 bridgehead atoms. The van der Waals surface area contributed by atoms with E-state index in [4.69, 9.17) is 1.37 Å². The largest absolute Gasteiger partial charge is 0.330 e. The van der Waals surface area contributed by atoms with Gasteiger partial charge in [-0.1, -0.05) is 30.8 Å². The van der Waals surface area contributed by atoms with E-state index in [2.05, 4.69) is 22.9 Å². The molecule has 2 saturated heterocycles. The predicted octanol–water partition coefficient (Wildman–Crippen LogP) is 2.79. The van der Waals surface area contributed by atoms with Crippen LogP contribution in [-0.4, -0.2) is 23.9 Å². The van der Waals surface area contributed by atoms with E-state index in [9.17, 15) is 4.79 Å². The summed E-state index contributed by atoms with van der Waals surface area (Å²) in [5.74, 6) is 0.158. The summed E-state index contributed by atoms with van der Waals surface area (Å²) in [5, 5.41) is 2.91. The normalized spacial score (nSPS) is 33.1. The molecular formula is C18H22N2O. The number of nitrogens with zero attached hydrogens (tertiary/aromatic N) is 1. The van der Waals surface area contributed by atoms with E-state index in [1.807, 2.05) is 12.1 Å². The topological polar surface area (TPSA) is 32.3 Å². The van der Waals surface area contributed by atoms with Crippen LogP contribution in [0.2, 0.25) is 0 Å². The predicted molar refractivity (Wildman–Crippen MR) is 82.6 cm³/mol. The van der Waals surface area contributed by atoms with Crippen molar-refractivity contribution < 1.29 is 6.17 Å². The van der Waals surface area contributed by atoms with Gasteiger partial charge in [0.15, 0.2) is 0 Å². The summed E-state index contributed by atoms with van der Waals surface area (Å²) in [7, 11) is 0. The average Bonchev–Trinajstić information content (AvgIpc) is 3.03. The van der Waals surface area contributed by atoms with Gasteiger partial charge in [-0.2, -0.15) is 0 Å². The fraction of sp³-hybridized carbons (Fsp3) is 0.500. The molecule has 4 rings (SSSR count). The molecule has 2 unspecified atom stereocenters. The first-order valence-corrected chi connectivity index (χ1v) is 7.91. The molecule has 2 atom stereocenters. The van der Waals surface area contributed by atoms with Crippen molar-refractivity contribution >= 4 is 5.91 Å². The number of allylic oxidation sites excluding steroid dienone is 1. The molecular weight excluding hydrogens is 260 g/mol. The van der Waals surface area contributed by atoms with Crippen molar-refractivity contribution in [3.63, 3.8) is 0 Å². The van der Waals surface area contributed by atoms with Gasteiger partial charge in [-0.15, -0.1) is 0 Å². The van der Waals surface area contributed by atoms with E-state index in [1.165, 1.54) is 11.1 Å². The zero-order valence-electron chi connectivity index (χ0n) is 13.3. The molecule has 0 aromatic heterocycles. The van der Waals surface area contributed by atoms with Gasteiger partial charge in [-0.05, 0) is 43.4 Å². The van der Waals surface area contributed by atoms with Gasteiger partial charge in [-0.3, -0.25) is 9.69 Å². The number of amides is 1. The number of rotatable bonds is 1. The lowest BCUT2D eigenvalue weighted by Gasteiger charge is -2.34. The van der Waals surface area contributed by atoms with Gasteiger partial charge in [0.2, 0.25) is 5.91 Å². The Labute approximate surface area is 127 Å². The van der Waals surface area contributed by atoms with E-state index in [1.54, 1.807) is 0 Å². The molecule has 2 fully saturated rings. The van der Waals surface area contributed by atoms with Crippen LogP contribution in [0.3, 0.4) is 0 Å². The number of nitrogens with one attached hydrogen (secondary N) is 1. The van der Waals surface area contributed by atoms with Crippen molar-refractivity contribution in [3.05, 3.63) is 47.6 Å². The highest BCUT2D eigenvalue weighted by Gasteiger charge is 2.50. The van der Waals surface area contributed by atoms with Crippen LogP contribution < -0.4 is 5.32 Å². The maximum absolute atomic E-state index is 12.3. The lowest BCUT2D eigenvalue weighted by atomic mass is 9.84. The molecule has 3 heteroatoms. The summed E-state index contributed by atoms with van der Waals surface area (Å²) in [6.07, 6.45) is 4.98. The average molecular weight is 284 g/mol. The van der Waals surface area contributed by atoms with Crippen LogP contribution in [0.25, 0.3) is 0 Å². The van der Waals surface area contributed by atoms with E-state index in [-0.39, 0.29) is 11.3 Å². The molecule has 1 amide bonds. The van der Waals surface area contributed by atoms with Crippen LogP contribution in [0, 0.1) is 5.41 Å². The van der Waals surface area contributed by atoms with Gasteiger partial charge < -0.3 is 5.32 Å². The molecule has 1 spiro atoms. The fourth-order valence-electron chi connectivity index (χ4n) is 4.35. The molecule has 1 N–H and O–H groups in total. The second-order valence-corrected chi connectivity index (χ2v) is 6.75. The number of likely N-dealkylation sites (tertiary alicyclic amines) is 1. The first-order chi connectivity index (χ1) is 10.6. The molecule has 3 nitrogen and oxygen atoms in total. The summed E-state index contributed by atoms with van der Waals surface area (Å²) < 4.78 is 8.13. The summed E-state index contributed by atoms with van der Waals surface area (Å²) in [6, 6.07) is 7.10. The second-order valence-electron chi connectivity index (χ2n) is 6.75. The quantitative estimate of drug-likeness (QED) is 0.860. The van der Waals surface area contributed by atoms with E-state index >= 15 is 0 Å². The number of benzene rings is 1. The Hall–Kier alpha value is -1.61. The molecule has 2 heterocycles. The standard InChI is InChI=1S/C18H22N2O/c1-13-11-18(17(21)19-13)9-10-20(12-18)16-8-4-6-14-5-2-3-7-15(14)16/h2-3,5,7,16H,1,4,6,8-12H2,(H,19,21)/i5T. The Kier molecular flexibility index (Phi) is 2.68. The highest BCUT2D eigenvalue weighted by Crippen LogP contribution is 2.45. The Morgan fingerprint density at radius 1 is 1.48 bits per heavy atom. The first-order valence-electron chi connectivity index (χ1n) is 8.41. The molecule has 2 aliphatic heterocycles. The van der Waals surface area contributed by atoms with Crippen LogP contribution in [0.5, 0.6) is 0 Å². The Balaban J connectivity index is 1.62. The molecule has 3 aliphatic rings. The zero-order valence-corrected chi connectivity index (χ0v) is 12.3. The summed E-state index contributed by atoms with van der Waals surface area (Å²) in [4.78, 5) is 14.8. The minimum absolute atomic E-state index is 0.158. The van der Waals surface area contributed by atoms with Crippen LogP contribution in [0.4, 0.5) is 0 Å². The highest BCUT2D eigenvalue weighted by molar-refractivity contribution is 5.88. The summed E-state index contributed by atoms with van der Waals surface area (Å²) in [5.41, 5.74) is 3.13. The number of carbonyl (C=O) groups is 1. The Bertz CT molecular complexity index is 656. The van der Waals surface area contributed by atoms with Crippen molar-refractivity contribution in [1.82, 2.24) is 10.2 Å². The first kappa shape index (κ1) is 12.0. The Morgan fingerprint density at radius 2 is 2.38 bits per heavy atom. The Morgan fingerprint density at radius 3 is 3.19 bits per heavy atom. The van der Waals surface area contributed by atoms with Crippen LogP contribution in [0.15, 0.2) is 36.5 Å². The molecule has 21 heavy (non-hydrogen) atoms. The maximum atomic E-state index is 12.3. The lowest BCUT2D eigenvalue weighted by molar-refractivity contribution is -0.127. The second kappa shape index (κ2) is 4.70. The van der Waals surface area contributed by atoms with Gasteiger partial charge in [0, 0.05) is 24.7 Å². The van der Waals surface area contributed by atoms with Crippen molar-refractivity contribution in [2.24, 2.45) is 5.41 Å². The molecule has 110 valence electrons. The SMILES string of the molecule is [3H]c1cccc2c1CCCC2N1CCC2(CC(=C)NC2=O)C1. The van der Waals surface area contributed by atoms with Crippen LogP contribution >= 0.6 is 0 Å². The fourth-order valence-corrected chi connectivity index (χ4v) is 4.35. The van der Waals surface area contributed by atoms with Crippen molar-refractivity contribution in [2.45, 2.75) is 38.1 Å². The van der Waals surface area contributed by atoms with Gasteiger partial charge in [0.05, 0.1) is 6.79 Å². The number of carbonyl (C=O) groups excluding carboxylic acids is 1. The zero-order chi connectivity index (χ0) is 15.3. The van der Waals surface area contributed by atoms with Crippen molar-refractivity contribution in [2.75, 3.05) is 13.1 Å². The van der Waals surface area contributed by atoms with E-state index in [0.717, 1.165) is 50.9 Å². The van der Waals surface area contributed by atoms with Gasteiger partial charge in [0.25, 0.3) is 0 Å². The van der Waals surface area contributed by atoms with E-state index < -0.39 is 0 Å². The number of fused-ring (bicyclic) bond motifs is 1. The molecule has 1 aromatic carbocycles. The summed E-state index contributed by atoms with van der Waals surface area (Å²) >= 11 is 0. The summed E-state index contributed by atoms with van der Waals surface area (Å²) in [6.45, 7) is 5.72. The van der Waals surface area contributed by atoms with E-state index in [0.29, 0.717) is 12.1 Å². The minimum atomic E-state index is -0.257. The van der Waals surface area contributed by atoms with Gasteiger partial charge >= 0.3 is 0 Å². The molecule has 0 saturated carbocycles. The lowest BCUT2D eigenvalue weighted by Crippen LogP contribution is -2.36. The highest BCUT2D eigenvalue weighted by atomic mass is 16.2. The van der Waals surface area contributed by atoms with Crippen molar-refractivity contribution in [1.29, 1.82) is 0 Å². The number of hydrogen-bond acceptors (Lipinski definition) is 2. The van der Waals surface area contributed by atoms with Crippen molar-refractivity contribution in [3.8, 4) is 0 Å². The maximum Gasteiger partial charge on any atom is 0.232 e. The number of hydrogen-bond donors (Lipinski definition) is 1. The molecule has 1 aliphatic carbocycles. The van der Waals surface area contributed by atoms with Crippen LogP contribution in [-0.2, 0) is 11.2 Å². The smallest absolute Gasteiger partial charge is 0.232 e. The van der Waals surface area contributed by atoms with Gasteiger partial charge in [0.1, 0.15) is 0 Å². The van der Waals surface area contributed by atoms with Gasteiger partial charge in [-0.25, -0.2) is 0 Å². The van der Waals surface area contributed by atoms with Crippen LogP contribution in [0.1, 0.15) is 44.2 Å². The monoisotopic (exact) mass is 284 g/mol. The molecule has 1 aromatic rings. The third kappa shape index (κ3) is 2.03. The third-order valence-corrected chi connectivity index (χ3v) is 5.39. The minimum Gasteiger partial charge on any atom is -0.330 e. The molecule has 0 radical (unpaired) electrons. The third-order valence-electron chi connectivity index (χ3n) is 5.39.